The maximum absolute atomic E-state index is 14.2. The third-order valence-corrected chi connectivity index (χ3v) is 7.32. The molecule has 0 bridgehead atoms. The Morgan fingerprint density at radius 2 is 1.36 bits per heavy atom. The van der Waals surface area contributed by atoms with E-state index in [2.05, 4.69) is 10.6 Å². The molecule has 4 aromatic rings. The van der Waals surface area contributed by atoms with Crippen LogP contribution in [0.25, 0.3) is 17.4 Å². The highest BCUT2D eigenvalue weighted by molar-refractivity contribution is 7.80. The lowest BCUT2D eigenvalue weighted by Gasteiger charge is -2.37. The van der Waals surface area contributed by atoms with Gasteiger partial charge in [-0.25, -0.2) is 22.0 Å². The molecular weight excluding hydrogens is 646 g/mol. The van der Waals surface area contributed by atoms with Gasteiger partial charge in [0.25, 0.3) is 0 Å². The summed E-state index contributed by atoms with van der Waals surface area (Å²) in [4.78, 5) is 15.4. The van der Waals surface area contributed by atoms with Gasteiger partial charge in [0.05, 0.1) is 0 Å². The van der Waals surface area contributed by atoms with Crippen molar-refractivity contribution in [3.63, 3.8) is 0 Å². The van der Waals surface area contributed by atoms with Gasteiger partial charge in [0, 0.05) is 59.2 Å². The maximum atomic E-state index is 14.2. The second kappa shape index (κ2) is 13.2. The lowest BCUT2D eigenvalue weighted by molar-refractivity contribution is -0.115. The van der Waals surface area contributed by atoms with Crippen molar-refractivity contribution in [3.8, 4) is 11.3 Å². The molecule has 0 spiro atoms. The number of anilines is 3. The number of hydrogen-bond donors (Lipinski definition) is 2. The second-order valence-corrected chi connectivity index (χ2v) is 10.9. The van der Waals surface area contributed by atoms with E-state index in [4.69, 9.17) is 39.8 Å². The zero-order valence-electron chi connectivity index (χ0n) is 22.4. The molecule has 1 aromatic heterocycles. The van der Waals surface area contributed by atoms with Crippen molar-refractivity contribution in [2.45, 2.75) is 0 Å². The molecule has 44 heavy (non-hydrogen) atoms. The molecule has 1 saturated heterocycles. The molecule has 0 aliphatic carbocycles. The van der Waals surface area contributed by atoms with Crippen molar-refractivity contribution < 1.29 is 31.2 Å². The van der Waals surface area contributed by atoms with E-state index in [1.807, 2.05) is 4.90 Å². The maximum Gasteiger partial charge on any atom is 0.250 e. The van der Waals surface area contributed by atoms with Crippen molar-refractivity contribution in [1.82, 2.24) is 5.32 Å². The van der Waals surface area contributed by atoms with Gasteiger partial charge in [-0.3, -0.25) is 10.1 Å². The summed E-state index contributed by atoms with van der Waals surface area (Å²) in [5.74, 6) is -9.36. The average molecular weight is 667 g/mol. The predicted octanol–water partition coefficient (Wildman–Crippen LogP) is 7.80. The minimum atomic E-state index is -2.18. The number of benzene rings is 3. The molecule has 1 aliphatic heterocycles. The largest absolute Gasteiger partial charge is 0.457 e. The van der Waals surface area contributed by atoms with Gasteiger partial charge in [0.15, 0.2) is 28.4 Å². The van der Waals surface area contributed by atoms with Crippen LogP contribution in [0.1, 0.15) is 5.76 Å². The normalized spacial score (nSPS) is 13.4. The third kappa shape index (κ3) is 6.98. The van der Waals surface area contributed by atoms with Crippen LogP contribution >= 0.6 is 35.4 Å². The van der Waals surface area contributed by atoms with Crippen LogP contribution in [0.2, 0.25) is 10.0 Å². The van der Waals surface area contributed by atoms with E-state index < -0.39 is 40.7 Å². The zero-order valence-corrected chi connectivity index (χ0v) is 24.8. The van der Waals surface area contributed by atoms with Crippen LogP contribution in [0.4, 0.5) is 39.0 Å². The average Bonchev–Trinajstić information content (AvgIpc) is 3.48. The summed E-state index contributed by atoms with van der Waals surface area (Å²) in [6, 6.07) is 15.4. The minimum Gasteiger partial charge on any atom is -0.457 e. The Hall–Kier alpha value is -4.13. The number of rotatable bonds is 6. The van der Waals surface area contributed by atoms with E-state index in [1.54, 1.807) is 54.6 Å². The first-order valence-electron chi connectivity index (χ1n) is 13.0. The Morgan fingerprint density at radius 1 is 0.795 bits per heavy atom. The lowest BCUT2D eigenvalue weighted by atomic mass is 10.2. The number of thiocarbonyl (C=S) groups is 1. The first-order valence-corrected chi connectivity index (χ1v) is 14.1. The topological polar surface area (TPSA) is 60.8 Å². The first kappa shape index (κ1) is 31.3. The number of carbonyl (C=O) groups is 1. The quantitative estimate of drug-likeness (QED) is 0.0720. The van der Waals surface area contributed by atoms with Crippen LogP contribution in [-0.4, -0.2) is 37.2 Å². The molecule has 228 valence electrons. The molecule has 1 fully saturated rings. The summed E-state index contributed by atoms with van der Waals surface area (Å²) < 4.78 is 74.8. The Balaban J connectivity index is 1.12. The number of nitrogens with one attached hydrogen (secondary N) is 2. The number of nitrogens with zero attached hydrogens (tertiary/aromatic N) is 2. The van der Waals surface area contributed by atoms with Crippen molar-refractivity contribution in [3.05, 3.63) is 106 Å². The predicted molar refractivity (Wildman–Crippen MR) is 165 cm³/mol. The molecule has 0 radical (unpaired) electrons. The van der Waals surface area contributed by atoms with Crippen molar-refractivity contribution in [2.75, 3.05) is 41.3 Å². The lowest BCUT2D eigenvalue weighted by Crippen LogP contribution is -2.47. The monoisotopic (exact) mass is 666 g/mol. The van der Waals surface area contributed by atoms with E-state index in [0.717, 1.165) is 10.6 Å². The third-order valence-electron chi connectivity index (χ3n) is 6.68. The van der Waals surface area contributed by atoms with Crippen LogP contribution in [0, 0.1) is 29.1 Å². The smallest absolute Gasteiger partial charge is 0.250 e. The molecule has 1 amide bonds. The van der Waals surface area contributed by atoms with E-state index >= 15 is 0 Å². The SMILES string of the molecule is O=C(/C=C/c1ccc(-c2cc(Cl)cc(Cl)c2)o1)NC(=S)Nc1ccc(N2CCN(c3c(F)c(F)c(F)c(F)c3F)CC2)cc1. The minimum absolute atomic E-state index is 0.0380. The summed E-state index contributed by atoms with van der Waals surface area (Å²) in [5.41, 5.74) is 1.11. The van der Waals surface area contributed by atoms with Crippen molar-refractivity contribution >= 4 is 69.6 Å². The highest BCUT2D eigenvalue weighted by Gasteiger charge is 2.30. The molecule has 6 nitrogen and oxygen atoms in total. The number of halogens is 7. The number of amides is 1. The molecule has 14 heteroatoms. The van der Waals surface area contributed by atoms with Gasteiger partial charge < -0.3 is 19.5 Å². The molecule has 0 unspecified atom stereocenters. The number of furan rings is 1. The van der Waals surface area contributed by atoms with E-state index in [1.165, 1.54) is 12.2 Å². The second-order valence-electron chi connectivity index (χ2n) is 9.58. The molecule has 3 aromatic carbocycles. The van der Waals surface area contributed by atoms with Crippen LogP contribution in [-0.2, 0) is 4.79 Å². The molecule has 5 rings (SSSR count). The molecule has 0 saturated carbocycles. The fraction of sp³-hybridized carbons (Fsp3) is 0.133. The number of piperazine rings is 1. The number of hydrogen-bond acceptors (Lipinski definition) is 5. The van der Waals surface area contributed by atoms with E-state index in [-0.39, 0.29) is 31.3 Å². The molecular formula is C30H21Cl2F5N4O2S. The highest BCUT2D eigenvalue weighted by Crippen LogP contribution is 2.32. The van der Waals surface area contributed by atoms with Crippen LogP contribution in [0.15, 0.2) is 65.1 Å². The van der Waals surface area contributed by atoms with Gasteiger partial charge in [0.2, 0.25) is 11.7 Å². The van der Waals surface area contributed by atoms with Gasteiger partial charge in [-0.1, -0.05) is 23.2 Å². The molecule has 1 aliphatic rings. The number of carbonyl (C=O) groups excluding carboxylic acids is 1. The van der Waals surface area contributed by atoms with E-state index in [0.29, 0.717) is 32.8 Å². The Kier molecular flexibility index (Phi) is 9.42. The summed E-state index contributed by atoms with van der Waals surface area (Å²) in [6.07, 6.45) is 2.74. The van der Waals surface area contributed by atoms with Crippen molar-refractivity contribution in [1.29, 1.82) is 0 Å². The van der Waals surface area contributed by atoms with Crippen LogP contribution < -0.4 is 20.4 Å². The van der Waals surface area contributed by atoms with E-state index in [9.17, 15) is 26.7 Å². The van der Waals surface area contributed by atoms with Gasteiger partial charge in [-0.15, -0.1) is 0 Å². The molecule has 0 atom stereocenters. The van der Waals surface area contributed by atoms with Gasteiger partial charge in [0.1, 0.15) is 17.2 Å². The summed E-state index contributed by atoms with van der Waals surface area (Å²) >= 11 is 17.3. The standard InChI is InChI=1S/C30H21Cl2F5N4O2S/c31-17-13-16(14-18(32)15-17)22-7-5-21(43-22)6-8-23(42)39-30(44)38-19-1-3-20(4-2-19)40-9-11-41(12-10-40)29-27(36)25(34)24(33)26(35)28(29)37/h1-8,13-15H,9-12H2,(H2,38,39,42,44)/b8-6+. The highest BCUT2D eigenvalue weighted by atomic mass is 35.5. The Morgan fingerprint density at radius 3 is 1.98 bits per heavy atom. The van der Waals surface area contributed by atoms with Crippen LogP contribution in [0.5, 0.6) is 0 Å². The first-order chi connectivity index (χ1) is 21.0. The fourth-order valence-corrected chi connectivity index (χ4v) is 5.33. The molecule has 2 N–H and O–H groups in total. The Labute approximate surface area is 263 Å². The van der Waals surface area contributed by atoms with Crippen LogP contribution in [0.3, 0.4) is 0 Å². The summed E-state index contributed by atoms with van der Waals surface area (Å²) in [5, 5.41) is 6.41. The fourth-order valence-electron chi connectivity index (χ4n) is 4.58. The summed E-state index contributed by atoms with van der Waals surface area (Å²) in [6.45, 7) is 0.626. The van der Waals surface area contributed by atoms with Gasteiger partial charge >= 0.3 is 0 Å². The Bertz CT molecular complexity index is 1710. The molecule has 2 heterocycles. The summed E-state index contributed by atoms with van der Waals surface area (Å²) in [7, 11) is 0. The zero-order chi connectivity index (χ0) is 31.5. The van der Waals surface area contributed by atoms with Gasteiger partial charge in [-0.05, 0) is 72.9 Å². The van der Waals surface area contributed by atoms with Gasteiger partial charge in [-0.2, -0.15) is 0 Å². The van der Waals surface area contributed by atoms with Crippen molar-refractivity contribution in [2.24, 2.45) is 0 Å².